The summed E-state index contributed by atoms with van der Waals surface area (Å²) in [5.41, 5.74) is 0.848. The predicted molar refractivity (Wildman–Crippen MR) is 54.1 cm³/mol. The minimum atomic E-state index is 0.522. The molecule has 0 saturated carbocycles. The zero-order valence-electron chi connectivity index (χ0n) is 8.77. The molecular formula is C9H13N5O. The number of likely N-dealkylation sites (N-methyl/N-ethyl adjacent to an activating group) is 1. The number of rotatable bonds is 4. The van der Waals surface area contributed by atoms with Crippen LogP contribution in [0.4, 0.5) is 0 Å². The molecular weight excluding hydrogens is 194 g/mol. The Bertz CT molecular complexity index is 433. The SMILES string of the molecule is CNCCc1noc(-c2cnn(C)c2)n1. The molecule has 2 rings (SSSR count). The van der Waals surface area contributed by atoms with Crippen molar-refractivity contribution in [3.8, 4) is 11.5 Å². The van der Waals surface area contributed by atoms with Crippen LogP contribution in [0.1, 0.15) is 5.82 Å². The van der Waals surface area contributed by atoms with Gasteiger partial charge in [0.2, 0.25) is 0 Å². The molecule has 0 aliphatic rings. The van der Waals surface area contributed by atoms with Crippen LogP contribution in [-0.2, 0) is 13.5 Å². The molecule has 6 heteroatoms. The van der Waals surface area contributed by atoms with Crippen molar-refractivity contribution in [1.29, 1.82) is 0 Å². The molecule has 1 N–H and O–H groups in total. The van der Waals surface area contributed by atoms with E-state index in [-0.39, 0.29) is 0 Å². The van der Waals surface area contributed by atoms with Gasteiger partial charge >= 0.3 is 0 Å². The second-order valence-corrected chi connectivity index (χ2v) is 3.27. The van der Waals surface area contributed by atoms with Gasteiger partial charge in [-0.25, -0.2) is 0 Å². The van der Waals surface area contributed by atoms with E-state index in [0.29, 0.717) is 11.7 Å². The van der Waals surface area contributed by atoms with E-state index in [1.54, 1.807) is 10.9 Å². The van der Waals surface area contributed by atoms with E-state index in [9.17, 15) is 0 Å². The van der Waals surface area contributed by atoms with Crippen molar-refractivity contribution < 1.29 is 4.52 Å². The molecule has 0 fully saturated rings. The largest absolute Gasteiger partial charge is 0.334 e. The first kappa shape index (κ1) is 9.85. The lowest BCUT2D eigenvalue weighted by atomic mass is 10.3. The lowest BCUT2D eigenvalue weighted by Gasteiger charge is -1.90. The molecule has 0 radical (unpaired) electrons. The van der Waals surface area contributed by atoms with Crippen LogP contribution in [0, 0.1) is 0 Å². The van der Waals surface area contributed by atoms with E-state index in [2.05, 4.69) is 20.6 Å². The topological polar surface area (TPSA) is 68.8 Å². The smallest absolute Gasteiger partial charge is 0.261 e. The summed E-state index contributed by atoms with van der Waals surface area (Å²) in [5, 5.41) is 10.9. The monoisotopic (exact) mass is 207 g/mol. The number of nitrogens with zero attached hydrogens (tertiary/aromatic N) is 4. The van der Waals surface area contributed by atoms with Gasteiger partial charge in [0.1, 0.15) is 0 Å². The Balaban J connectivity index is 2.13. The normalized spacial score (nSPS) is 10.8. The minimum absolute atomic E-state index is 0.522. The van der Waals surface area contributed by atoms with Gasteiger partial charge in [-0.15, -0.1) is 0 Å². The Morgan fingerprint density at radius 2 is 2.40 bits per heavy atom. The number of aromatic nitrogens is 4. The summed E-state index contributed by atoms with van der Waals surface area (Å²) in [6, 6.07) is 0. The third-order valence-electron chi connectivity index (χ3n) is 2.02. The van der Waals surface area contributed by atoms with Crippen molar-refractivity contribution in [1.82, 2.24) is 25.2 Å². The Labute approximate surface area is 87.3 Å². The van der Waals surface area contributed by atoms with Gasteiger partial charge in [0.05, 0.1) is 11.8 Å². The van der Waals surface area contributed by atoms with Crippen molar-refractivity contribution in [3.63, 3.8) is 0 Å². The van der Waals surface area contributed by atoms with Crippen molar-refractivity contribution in [3.05, 3.63) is 18.2 Å². The maximum Gasteiger partial charge on any atom is 0.261 e. The molecule has 80 valence electrons. The van der Waals surface area contributed by atoms with Crippen LogP contribution in [0.2, 0.25) is 0 Å². The molecule has 6 nitrogen and oxygen atoms in total. The van der Waals surface area contributed by atoms with Crippen LogP contribution in [0.15, 0.2) is 16.9 Å². The molecule has 0 unspecified atom stereocenters. The maximum atomic E-state index is 5.12. The highest BCUT2D eigenvalue weighted by atomic mass is 16.5. The fourth-order valence-corrected chi connectivity index (χ4v) is 1.24. The van der Waals surface area contributed by atoms with Crippen LogP contribution in [0.5, 0.6) is 0 Å². The number of hydrogen-bond acceptors (Lipinski definition) is 5. The third kappa shape index (κ3) is 2.21. The van der Waals surface area contributed by atoms with Crippen molar-refractivity contribution >= 4 is 0 Å². The van der Waals surface area contributed by atoms with Crippen molar-refractivity contribution in [2.45, 2.75) is 6.42 Å². The summed E-state index contributed by atoms with van der Waals surface area (Å²) >= 11 is 0. The second kappa shape index (κ2) is 4.22. The molecule has 0 aliphatic carbocycles. The van der Waals surface area contributed by atoms with Crippen LogP contribution >= 0.6 is 0 Å². The van der Waals surface area contributed by atoms with Gasteiger partial charge in [-0.1, -0.05) is 5.16 Å². The molecule has 2 aromatic heterocycles. The number of aryl methyl sites for hydroxylation is 1. The lowest BCUT2D eigenvalue weighted by Crippen LogP contribution is -2.10. The van der Waals surface area contributed by atoms with Crippen molar-refractivity contribution in [2.75, 3.05) is 13.6 Å². The molecule has 15 heavy (non-hydrogen) atoms. The summed E-state index contributed by atoms with van der Waals surface area (Å²) in [5.74, 6) is 1.23. The van der Waals surface area contributed by atoms with Gasteiger partial charge in [-0.3, -0.25) is 4.68 Å². The van der Waals surface area contributed by atoms with Crippen LogP contribution < -0.4 is 5.32 Å². The maximum absolute atomic E-state index is 5.12. The molecule has 0 bridgehead atoms. The van der Waals surface area contributed by atoms with Gasteiger partial charge in [-0.2, -0.15) is 10.1 Å². The molecule has 0 amide bonds. The van der Waals surface area contributed by atoms with Gasteiger partial charge in [0, 0.05) is 26.2 Å². The van der Waals surface area contributed by atoms with Gasteiger partial charge < -0.3 is 9.84 Å². The predicted octanol–water partition coefficient (Wildman–Crippen LogP) is 0.232. The molecule has 0 spiro atoms. The Hall–Kier alpha value is -1.69. The van der Waals surface area contributed by atoms with E-state index >= 15 is 0 Å². The Morgan fingerprint density at radius 1 is 1.53 bits per heavy atom. The van der Waals surface area contributed by atoms with E-state index < -0.39 is 0 Å². The number of hydrogen-bond donors (Lipinski definition) is 1. The summed E-state index contributed by atoms with van der Waals surface area (Å²) in [6.45, 7) is 0.839. The number of nitrogens with one attached hydrogen (secondary N) is 1. The van der Waals surface area contributed by atoms with Crippen LogP contribution in [0.3, 0.4) is 0 Å². The van der Waals surface area contributed by atoms with Gasteiger partial charge in [0.25, 0.3) is 5.89 Å². The summed E-state index contributed by atoms with van der Waals surface area (Å²) in [4.78, 5) is 4.26. The van der Waals surface area contributed by atoms with Crippen molar-refractivity contribution in [2.24, 2.45) is 7.05 Å². The average molecular weight is 207 g/mol. The zero-order chi connectivity index (χ0) is 10.7. The van der Waals surface area contributed by atoms with E-state index in [0.717, 1.165) is 18.5 Å². The highest BCUT2D eigenvalue weighted by molar-refractivity contribution is 5.49. The van der Waals surface area contributed by atoms with E-state index in [4.69, 9.17) is 4.52 Å². The summed E-state index contributed by atoms with van der Waals surface area (Å²) in [6.07, 6.45) is 4.31. The van der Waals surface area contributed by atoms with Crippen LogP contribution in [0.25, 0.3) is 11.5 Å². The third-order valence-corrected chi connectivity index (χ3v) is 2.02. The highest BCUT2D eigenvalue weighted by Crippen LogP contribution is 2.15. The van der Waals surface area contributed by atoms with E-state index in [1.165, 1.54) is 0 Å². The fraction of sp³-hybridized carbons (Fsp3) is 0.444. The molecule has 2 heterocycles. The fourth-order valence-electron chi connectivity index (χ4n) is 1.24. The average Bonchev–Trinajstić information content (AvgIpc) is 2.83. The first-order valence-electron chi connectivity index (χ1n) is 4.76. The molecule has 2 aromatic rings. The first-order chi connectivity index (χ1) is 7.29. The minimum Gasteiger partial charge on any atom is -0.334 e. The molecule has 0 aromatic carbocycles. The second-order valence-electron chi connectivity index (χ2n) is 3.27. The van der Waals surface area contributed by atoms with Gasteiger partial charge in [0.15, 0.2) is 5.82 Å². The van der Waals surface area contributed by atoms with E-state index in [1.807, 2.05) is 20.3 Å². The Kier molecular flexibility index (Phi) is 2.77. The first-order valence-corrected chi connectivity index (χ1v) is 4.76. The quantitative estimate of drug-likeness (QED) is 0.777. The summed E-state index contributed by atoms with van der Waals surface area (Å²) in [7, 11) is 3.74. The molecule has 0 saturated heterocycles. The summed E-state index contributed by atoms with van der Waals surface area (Å²) < 4.78 is 6.82. The standard InChI is InChI=1S/C9H13N5O/c1-10-4-3-8-12-9(15-13-8)7-5-11-14(2)6-7/h5-6,10H,3-4H2,1-2H3. The van der Waals surface area contributed by atoms with Gasteiger partial charge in [-0.05, 0) is 7.05 Å². The lowest BCUT2D eigenvalue weighted by molar-refractivity contribution is 0.422. The van der Waals surface area contributed by atoms with Crippen LogP contribution in [-0.4, -0.2) is 33.5 Å². The highest BCUT2D eigenvalue weighted by Gasteiger charge is 2.09. The zero-order valence-corrected chi connectivity index (χ0v) is 8.77. The molecule has 0 atom stereocenters. The Morgan fingerprint density at radius 3 is 3.07 bits per heavy atom. The molecule has 0 aliphatic heterocycles.